The van der Waals surface area contributed by atoms with E-state index in [2.05, 4.69) is 0 Å². The standard InChI is InChI=1S/C9H10O3/c1-5(11-2)6-3-4-7(10)9-8(6)12-9/h3-5,10H,1-2H3. The van der Waals surface area contributed by atoms with Crippen LogP contribution < -0.4 is 4.74 Å². The molecule has 64 valence electrons. The molecule has 3 heteroatoms. The summed E-state index contributed by atoms with van der Waals surface area (Å²) in [4.78, 5) is 0. The molecule has 1 aliphatic rings. The predicted octanol–water partition coefficient (Wildman–Crippen LogP) is 2.21. The molecule has 0 fully saturated rings. The molecule has 1 aromatic carbocycles. The minimum atomic E-state index is 0.0156. The maximum Gasteiger partial charge on any atom is 0.212 e. The monoisotopic (exact) mass is 166 g/mol. The molecule has 1 aliphatic heterocycles. The third-order valence-corrected chi connectivity index (χ3v) is 2.08. The van der Waals surface area contributed by atoms with Gasteiger partial charge in [-0.3, -0.25) is 0 Å². The average Bonchev–Trinajstić information content (AvgIpc) is 2.84. The number of aromatic hydroxyl groups is 1. The number of rotatable bonds is 2. The fourth-order valence-corrected chi connectivity index (χ4v) is 1.20. The van der Waals surface area contributed by atoms with Gasteiger partial charge in [0.2, 0.25) is 5.75 Å². The predicted molar refractivity (Wildman–Crippen MR) is 43.6 cm³/mol. The molecule has 0 aromatic heterocycles. The van der Waals surface area contributed by atoms with Gasteiger partial charge < -0.3 is 14.6 Å². The van der Waals surface area contributed by atoms with E-state index < -0.39 is 0 Å². The molecule has 0 amide bonds. The van der Waals surface area contributed by atoms with Gasteiger partial charge in [-0.15, -0.1) is 0 Å². The van der Waals surface area contributed by atoms with E-state index in [0.717, 1.165) is 11.3 Å². The Kier molecular flexibility index (Phi) is 1.48. The number of ether oxygens (including phenoxy) is 2. The van der Waals surface area contributed by atoms with Gasteiger partial charge in [0.1, 0.15) is 0 Å². The van der Waals surface area contributed by atoms with Crippen LogP contribution in [-0.4, -0.2) is 12.2 Å². The number of fused-ring (bicyclic) bond motifs is 1. The van der Waals surface area contributed by atoms with E-state index in [-0.39, 0.29) is 11.9 Å². The van der Waals surface area contributed by atoms with Crippen molar-refractivity contribution in [1.82, 2.24) is 0 Å². The highest BCUT2D eigenvalue weighted by atomic mass is 16.6. The third-order valence-electron chi connectivity index (χ3n) is 2.08. The first-order valence-corrected chi connectivity index (χ1v) is 3.80. The summed E-state index contributed by atoms with van der Waals surface area (Å²) in [6.45, 7) is 1.94. The highest BCUT2D eigenvalue weighted by Gasteiger charge is 2.30. The van der Waals surface area contributed by atoms with Crippen molar-refractivity contribution in [3.63, 3.8) is 0 Å². The van der Waals surface area contributed by atoms with Crippen molar-refractivity contribution < 1.29 is 14.6 Å². The molecule has 1 N–H and O–H groups in total. The first-order valence-electron chi connectivity index (χ1n) is 3.80. The lowest BCUT2D eigenvalue weighted by Crippen LogP contribution is -1.92. The summed E-state index contributed by atoms with van der Waals surface area (Å²) >= 11 is 0. The summed E-state index contributed by atoms with van der Waals surface area (Å²) in [6, 6.07) is 3.44. The molecule has 0 spiro atoms. The Balaban J connectivity index is 2.38. The number of methoxy groups -OCH3 is 1. The van der Waals surface area contributed by atoms with E-state index in [0.29, 0.717) is 5.75 Å². The fraction of sp³-hybridized carbons (Fsp3) is 0.333. The van der Waals surface area contributed by atoms with E-state index in [1.807, 2.05) is 13.0 Å². The lowest BCUT2D eigenvalue weighted by molar-refractivity contribution is 0.119. The summed E-state index contributed by atoms with van der Waals surface area (Å²) in [7, 11) is 1.65. The topological polar surface area (TPSA) is 42.0 Å². The Morgan fingerprint density at radius 2 is 2.17 bits per heavy atom. The minimum Gasteiger partial charge on any atom is -0.504 e. The van der Waals surface area contributed by atoms with Crippen LogP contribution in [0.15, 0.2) is 12.1 Å². The quantitative estimate of drug-likeness (QED) is 0.695. The summed E-state index contributed by atoms with van der Waals surface area (Å²) in [5.74, 6) is 1.57. The van der Waals surface area contributed by atoms with Crippen LogP contribution in [0.4, 0.5) is 0 Å². The SMILES string of the molecule is COC(C)c1ccc(O)c2c1O2. The Morgan fingerprint density at radius 1 is 1.42 bits per heavy atom. The number of hydrogen-bond donors (Lipinski definition) is 1. The van der Waals surface area contributed by atoms with Crippen molar-refractivity contribution in [1.29, 1.82) is 0 Å². The summed E-state index contributed by atoms with van der Waals surface area (Å²) < 4.78 is 10.2. The zero-order valence-corrected chi connectivity index (χ0v) is 7.00. The summed E-state index contributed by atoms with van der Waals surface area (Å²) in [5, 5.41) is 9.18. The van der Waals surface area contributed by atoms with E-state index >= 15 is 0 Å². The van der Waals surface area contributed by atoms with Crippen LogP contribution in [0.25, 0.3) is 0 Å². The molecule has 0 saturated heterocycles. The Labute approximate surface area is 70.5 Å². The zero-order valence-electron chi connectivity index (χ0n) is 7.00. The molecule has 1 heterocycles. The Morgan fingerprint density at radius 3 is 2.83 bits per heavy atom. The van der Waals surface area contributed by atoms with Gasteiger partial charge in [-0.2, -0.15) is 0 Å². The van der Waals surface area contributed by atoms with Crippen LogP contribution in [0.3, 0.4) is 0 Å². The molecule has 0 bridgehead atoms. The van der Waals surface area contributed by atoms with E-state index in [4.69, 9.17) is 9.47 Å². The number of hydrogen-bond acceptors (Lipinski definition) is 3. The van der Waals surface area contributed by atoms with Crippen LogP contribution in [0.5, 0.6) is 17.2 Å². The number of phenols is 1. The maximum atomic E-state index is 9.18. The molecular weight excluding hydrogens is 156 g/mol. The average molecular weight is 166 g/mol. The Bertz CT molecular complexity index is 320. The lowest BCUT2D eigenvalue weighted by atomic mass is 10.1. The smallest absolute Gasteiger partial charge is 0.212 e. The molecule has 0 saturated carbocycles. The van der Waals surface area contributed by atoms with Gasteiger partial charge in [0.05, 0.1) is 6.10 Å². The first-order chi connectivity index (χ1) is 5.74. The second-order valence-corrected chi connectivity index (χ2v) is 2.81. The maximum absolute atomic E-state index is 9.18. The van der Waals surface area contributed by atoms with E-state index in [1.165, 1.54) is 0 Å². The van der Waals surface area contributed by atoms with Crippen LogP contribution in [-0.2, 0) is 4.74 Å². The normalized spacial score (nSPS) is 14.8. The van der Waals surface area contributed by atoms with Gasteiger partial charge in [0, 0.05) is 12.7 Å². The molecular formula is C9H10O3. The van der Waals surface area contributed by atoms with Gasteiger partial charge in [0.15, 0.2) is 11.5 Å². The second-order valence-electron chi connectivity index (χ2n) is 2.81. The Hall–Kier alpha value is -1.22. The van der Waals surface area contributed by atoms with Gasteiger partial charge in [-0.1, -0.05) is 0 Å². The number of benzene rings is 1. The molecule has 12 heavy (non-hydrogen) atoms. The van der Waals surface area contributed by atoms with Crippen LogP contribution >= 0.6 is 0 Å². The largest absolute Gasteiger partial charge is 0.504 e. The van der Waals surface area contributed by atoms with Crippen LogP contribution in [0.1, 0.15) is 18.6 Å². The highest BCUT2D eigenvalue weighted by Crippen LogP contribution is 2.56. The highest BCUT2D eigenvalue weighted by molar-refractivity contribution is 5.66. The first kappa shape index (κ1) is 7.43. The molecule has 0 radical (unpaired) electrons. The molecule has 1 atom stereocenters. The van der Waals surface area contributed by atoms with Crippen molar-refractivity contribution in [3.8, 4) is 17.2 Å². The van der Waals surface area contributed by atoms with E-state index in [9.17, 15) is 5.11 Å². The van der Waals surface area contributed by atoms with Crippen LogP contribution in [0.2, 0.25) is 0 Å². The van der Waals surface area contributed by atoms with E-state index in [1.54, 1.807) is 13.2 Å². The van der Waals surface area contributed by atoms with Crippen molar-refractivity contribution in [3.05, 3.63) is 17.7 Å². The molecule has 0 aliphatic carbocycles. The van der Waals surface area contributed by atoms with Crippen LogP contribution in [0, 0.1) is 0 Å². The second kappa shape index (κ2) is 2.38. The lowest BCUT2D eigenvalue weighted by Gasteiger charge is -2.06. The molecule has 2 rings (SSSR count). The third kappa shape index (κ3) is 0.940. The van der Waals surface area contributed by atoms with Crippen molar-refractivity contribution >= 4 is 0 Å². The zero-order chi connectivity index (χ0) is 8.72. The number of phenolic OH excluding ortho intramolecular Hbond substituents is 1. The van der Waals surface area contributed by atoms with Crippen molar-refractivity contribution in [2.75, 3.05) is 7.11 Å². The summed E-state index contributed by atoms with van der Waals surface area (Å²) in [6.07, 6.45) is 0.0156. The molecule has 3 nitrogen and oxygen atoms in total. The van der Waals surface area contributed by atoms with Gasteiger partial charge in [-0.25, -0.2) is 0 Å². The molecule has 1 unspecified atom stereocenters. The fourth-order valence-electron chi connectivity index (χ4n) is 1.20. The van der Waals surface area contributed by atoms with Crippen molar-refractivity contribution in [2.24, 2.45) is 0 Å². The van der Waals surface area contributed by atoms with Gasteiger partial charge in [0.25, 0.3) is 0 Å². The minimum absolute atomic E-state index is 0.0156. The van der Waals surface area contributed by atoms with Crippen molar-refractivity contribution in [2.45, 2.75) is 13.0 Å². The van der Waals surface area contributed by atoms with Gasteiger partial charge >= 0.3 is 0 Å². The molecule has 1 aromatic rings. The van der Waals surface area contributed by atoms with Gasteiger partial charge in [-0.05, 0) is 19.1 Å². The summed E-state index contributed by atoms with van der Waals surface area (Å²) in [5.41, 5.74) is 0.991.